The fraction of sp³-hybridized carbons (Fsp3) is 0.200. The second-order valence-corrected chi connectivity index (χ2v) is 3.14. The second-order valence-electron chi connectivity index (χ2n) is 3.14. The van der Waals surface area contributed by atoms with Crippen molar-refractivity contribution in [2.45, 2.75) is 13.5 Å². The molecule has 0 fully saturated rings. The molecule has 13 heavy (non-hydrogen) atoms. The zero-order chi connectivity index (χ0) is 9.42. The van der Waals surface area contributed by atoms with Gasteiger partial charge in [-0.05, 0) is 19.1 Å². The summed E-state index contributed by atoms with van der Waals surface area (Å²) in [6.07, 6.45) is 0. The molecule has 2 aromatic rings. The first kappa shape index (κ1) is 8.13. The topological polar surface area (TPSA) is 56.2 Å². The molecular weight excluding hydrogens is 166 g/mol. The standard InChI is InChI=1S/C10H11NO2/c1-6-4-8-9(11-6)3-2-7(5-12)10(8)13/h2-4,11-13H,5H2,1H3. The summed E-state index contributed by atoms with van der Waals surface area (Å²) in [5.41, 5.74) is 2.46. The number of rotatable bonds is 1. The predicted molar refractivity (Wildman–Crippen MR) is 50.6 cm³/mol. The highest BCUT2D eigenvalue weighted by Gasteiger charge is 2.06. The number of H-pyrrole nitrogens is 1. The second kappa shape index (κ2) is 2.78. The van der Waals surface area contributed by atoms with Crippen LogP contribution in [-0.2, 0) is 6.61 Å². The number of benzene rings is 1. The number of aryl methyl sites for hydroxylation is 1. The van der Waals surface area contributed by atoms with Gasteiger partial charge in [0.25, 0.3) is 0 Å². The summed E-state index contributed by atoms with van der Waals surface area (Å²) in [7, 11) is 0. The van der Waals surface area contributed by atoms with Crippen molar-refractivity contribution in [3.05, 3.63) is 29.5 Å². The number of phenols is 1. The van der Waals surface area contributed by atoms with Crippen LogP contribution in [0.15, 0.2) is 18.2 Å². The molecule has 0 unspecified atom stereocenters. The minimum absolute atomic E-state index is 0.133. The van der Waals surface area contributed by atoms with Gasteiger partial charge < -0.3 is 15.2 Å². The van der Waals surface area contributed by atoms with Crippen molar-refractivity contribution in [2.75, 3.05) is 0 Å². The Labute approximate surface area is 75.6 Å². The predicted octanol–water partition coefficient (Wildman–Crippen LogP) is 1.67. The highest BCUT2D eigenvalue weighted by Crippen LogP contribution is 2.28. The SMILES string of the molecule is Cc1cc2c(O)c(CO)ccc2[nH]1. The van der Waals surface area contributed by atoms with Crippen molar-refractivity contribution in [3.8, 4) is 5.75 Å². The average molecular weight is 177 g/mol. The van der Waals surface area contributed by atoms with Crippen LogP contribution in [0.25, 0.3) is 10.9 Å². The smallest absolute Gasteiger partial charge is 0.130 e. The van der Waals surface area contributed by atoms with Gasteiger partial charge in [0.2, 0.25) is 0 Å². The molecule has 0 radical (unpaired) electrons. The largest absolute Gasteiger partial charge is 0.507 e. The van der Waals surface area contributed by atoms with Crippen molar-refractivity contribution in [1.29, 1.82) is 0 Å². The number of aromatic amines is 1. The summed E-state index contributed by atoms with van der Waals surface area (Å²) >= 11 is 0. The van der Waals surface area contributed by atoms with Gasteiger partial charge in [-0.3, -0.25) is 0 Å². The van der Waals surface area contributed by atoms with Crippen molar-refractivity contribution in [1.82, 2.24) is 4.98 Å². The molecule has 0 saturated heterocycles. The molecule has 3 N–H and O–H groups in total. The molecular formula is C10H11NO2. The monoisotopic (exact) mass is 177 g/mol. The molecule has 1 heterocycles. The van der Waals surface area contributed by atoms with Gasteiger partial charge in [-0.1, -0.05) is 6.07 Å². The van der Waals surface area contributed by atoms with Gasteiger partial charge in [0, 0.05) is 22.2 Å². The third-order valence-electron chi connectivity index (χ3n) is 2.16. The Bertz CT molecular complexity index is 445. The van der Waals surface area contributed by atoms with Gasteiger partial charge in [-0.15, -0.1) is 0 Å². The molecule has 0 saturated carbocycles. The fourth-order valence-electron chi connectivity index (χ4n) is 1.50. The van der Waals surface area contributed by atoms with Gasteiger partial charge in [-0.2, -0.15) is 0 Å². The van der Waals surface area contributed by atoms with Crippen LogP contribution in [0.2, 0.25) is 0 Å². The first-order valence-corrected chi connectivity index (χ1v) is 4.13. The van der Waals surface area contributed by atoms with Gasteiger partial charge in [0.1, 0.15) is 5.75 Å². The van der Waals surface area contributed by atoms with E-state index in [2.05, 4.69) is 4.98 Å². The minimum atomic E-state index is -0.133. The van der Waals surface area contributed by atoms with E-state index in [0.29, 0.717) is 5.56 Å². The van der Waals surface area contributed by atoms with Crippen molar-refractivity contribution in [2.24, 2.45) is 0 Å². The molecule has 0 amide bonds. The van der Waals surface area contributed by atoms with E-state index in [1.807, 2.05) is 19.1 Å². The Morgan fingerprint density at radius 1 is 1.38 bits per heavy atom. The number of hydrogen-bond donors (Lipinski definition) is 3. The quantitative estimate of drug-likeness (QED) is 0.620. The molecule has 0 spiro atoms. The van der Waals surface area contributed by atoms with E-state index < -0.39 is 0 Å². The summed E-state index contributed by atoms with van der Waals surface area (Å²) in [5, 5.41) is 19.4. The number of aliphatic hydroxyl groups is 1. The number of aliphatic hydroxyl groups excluding tert-OH is 1. The zero-order valence-corrected chi connectivity index (χ0v) is 7.33. The third-order valence-corrected chi connectivity index (χ3v) is 2.16. The molecule has 68 valence electrons. The molecule has 2 rings (SSSR count). The van der Waals surface area contributed by atoms with Crippen LogP contribution in [0.3, 0.4) is 0 Å². The summed E-state index contributed by atoms with van der Waals surface area (Å²) < 4.78 is 0. The molecule has 3 heteroatoms. The fourth-order valence-corrected chi connectivity index (χ4v) is 1.50. The van der Waals surface area contributed by atoms with Gasteiger partial charge >= 0.3 is 0 Å². The van der Waals surface area contributed by atoms with E-state index >= 15 is 0 Å². The molecule has 3 nitrogen and oxygen atoms in total. The molecule has 0 aliphatic heterocycles. The van der Waals surface area contributed by atoms with Crippen LogP contribution < -0.4 is 0 Å². The van der Waals surface area contributed by atoms with Gasteiger partial charge in [-0.25, -0.2) is 0 Å². The van der Waals surface area contributed by atoms with Crippen LogP contribution in [0.4, 0.5) is 0 Å². The number of aromatic nitrogens is 1. The number of hydrogen-bond acceptors (Lipinski definition) is 2. The van der Waals surface area contributed by atoms with E-state index in [1.54, 1.807) is 6.07 Å². The molecule has 0 aliphatic rings. The van der Waals surface area contributed by atoms with Crippen LogP contribution in [0, 0.1) is 6.92 Å². The Balaban J connectivity index is 2.78. The highest BCUT2D eigenvalue weighted by molar-refractivity contribution is 5.87. The number of fused-ring (bicyclic) bond motifs is 1. The Hall–Kier alpha value is -1.48. The van der Waals surface area contributed by atoms with E-state index in [0.717, 1.165) is 16.6 Å². The maximum absolute atomic E-state index is 9.68. The first-order valence-electron chi connectivity index (χ1n) is 4.13. The minimum Gasteiger partial charge on any atom is -0.507 e. The van der Waals surface area contributed by atoms with Crippen molar-refractivity contribution >= 4 is 10.9 Å². The average Bonchev–Trinajstić information content (AvgIpc) is 2.47. The van der Waals surface area contributed by atoms with Crippen LogP contribution in [0.5, 0.6) is 5.75 Å². The molecule has 1 aromatic heterocycles. The summed E-state index contributed by atoms with van der Waals surface area (Å²) in [4.78, 5) is 3.11. The Kier molecular flexibility index (Phi) is 1.74. The van der Waals surface area contributed by atoms with E-state index in [-0.39, 0.29) is 12.4 Å². The lowest BCUT2D eigenvalue weighted by atomic mass is 10.1. The van der Waals surface area contributed by atoms with E-state index in [4.69, 9.17) is 5.11 Å². The normalized spacial score (nSPS) is 10.9. The molecule has 0 bridgehead atoms. The Morgan fingerprint density at radius 2 is 2.15 bits per heavy atom. The zero-order valence-electron chi connectivity index (χ0n) is 7.33. The number of aromatic hydroxyl groups is 1. The van der Waals surface area contributed by atoms with Crippen LogP contribution in [0.1, 0.15) is 11.3 Å². The van der Waals surface area contributed by atoms with Gasteiger partial charge in [0.05, 0.1) is 6.61 Å². The summed E-state index contributed by atoms with van der Waals surface area (Å²) in [6.45, 7) is 1.80. The number of nitrogens with one attached hydrogen (secondary N) is 1. The summed E-state index contributed by atoms with van der Waals surface area (Å²) in [6, 6.07) is 5.44. The van der Waals surface area contributed by atoms with Gasteiger partial charge in [0.15, 0.2) is 0 Å². The lowest BCUT2D eigenvalue weighted by Gasteiger charge is -2.00. The van der Waals surface area contributed by atoms with Crippen LogP contribution in [-0.4, -0.2) is 15.2 Å². The molecule has 0 atom stereocenters. The summed E-state index contributed by atoms with van der Waals surface area (Å²) in [5.74, 6) is 0.171. The maximum Gasteiger partial charge on any atom is 0.130 e. The van der Waals surface area contributed by atoms with Crippen molar-refractivity contribution < 1.29 is 10.2 Å². The highest BCUT2D eigenvalue weighted by atomic mass is 16.3. The van der Waals surface area contributed by atoms with E-state index in [1.165, 1.54) is 0 Å². The lowest BCUT2D eigenvalue weighted by molar-refractivity contribution is 0.276. The van der Waals surface area contributed by atoms with Crippen molar-refractivity contribution in [3.63, 3.8) is 0 Å². The lowest BCUT2D eigenvalue weighted by Crippen LogP contribution is -1.83. The van der Waals surface area contributed by atoms with Crippen LogP contribution >= 0.6 is 0 Å². The van der Waals surface area contributed by atoms with E-state index in [9.17, 15) is 5.11 Å². The molecule has 1 aromatic carbocycles. The first-order chi connectivity index (χ1) is 6.22. The third kappa shape index (κ3) is 1.17. The maximum atomic E-state index is 9.68. The molecule has 0 aliphatic carbocycles. The Morgan fingerprint density at radius 3 is 2.85 bits per heavy atom.